The highest BCUT2D eigenvalue weighted by atomic mass is 16.6. The van der Waals surface area contributed by atoms with Crippen LogP contribution < -0.4 is 24.7 Å². The van der Waals surface area contributed by atoms with Gasteiger partial charge in [0.1, 0.15) is 34.6 Å². The number of esters is 1. The van der Waals surface area contributed by atoms with E-state index in [4.69, 9.17) is 24.7 Å². The van der Waals surface area contributed by atoms with Gasteiger partial charge in [-0.3, -0.25) is 0 Å². The van der Waals surface area contributed by atoms with E-state index in [2.05, 4.69) is 6.07 Å². The molecule has 0 amide bonds. The largest absolute Gasteiger partial charge is 0.494 e. The van der Waals surface area contributed by atoms with E-state index in [9.17, 15) is 10.1 Å². The second-order valence-corrected chi connectivity index (χ2v) is 8.63. The molecule has 1 unspecified atom stereocenters. The summed E-state index contributed by atoms with van der Waals surface area (Å²) < 4.78 is 22.6. The highest BCUT2D eigenvalue weighted by molar-refractivity contribution is 5.74. The van der Waals surface area contributed by atoms with E-state index in [0.717, 1.165) is 28.7 Å². The molecule has 3 aromatic rings. The topological polar surface area (TPSA) is 104 Å². The van der Waals surface area contributed by atoms with Crippen LogP contribution in [0.2, 0.25) is 0 Å². The third-order valence-corrected chi connectivity index (χ3v) is 5.64. The molecule has 0 fully saturated rings. The van der Waals surface area contributed by atoms with E-state index in [1.807, 2.05) is 63.2 Å². The van der Waals surface area contributed by atoms with Crippen LogP contribution in [0.5, 0.6) is 23.0 Å². The van der Waals surface area contributed by atoms with Gasteiger partial charge in [0.25, 0.3) is 0 Å². The number of allylic oxidation sites excluding steroid dienone is 1. The summed E-state index contributed by atoms with van der Waals surface area (Å²) in [7, 11) is 0. The van der Waals surface area contributed by atoms with Crippen LogP contribution in [0.15, 0.2) is 72.1 Å². The van der Waals surface area contributed by atoms with Crippen molar-refractivity contribution < 1.29 is 23.7 Å². The van der Waals surface area contributed by atoms with Crippen LogP contribution >= 0.6 is 0 Å². The van der Waals surface area contributed by atoms with Crippen LogP contribution in [-0.2, 0) is 4.79 Å². The molecular formula is C29H28N2O5. The molecule has 0 bridgehead atoms. The molecule has 0 saturated carbocycles. The Labute approximate surface area is 210 Å². The van der Waals surface area contributed by atoms with E-state index < -0.39 is 11.9 Å². The molecule has 0 radical (unpaired) electrons. The Hall–Kier alpha value is -4.44. The number of nitrogens with zero attached hydrogens (tertiary/aromatic N) is 1. The molecule has 2 N–H and O–H groups in total. The summed E-state index contributed by atoms with van der Waals surface area (Å²) in [6.45, 7) is 6.32. The molecule has 36 heavy (non-hydrogen) atoms. The molecule has 7 heteroatoms. The molecule has 1 heterocycles. The number of hydrogen-bond acceptors (Lipinski definition) is 7. The summed E-state index contributed by atoms with van der Waals surface area (Å²) in [5.74, 6) is 1.04. The van der Waals surface area contributed by atoms with Gasteiger partial charge in [0, 0.05) is 11.6 Å². The van der Waals surface area contributed by atoms with Gasteiger partial charge in [-0.1, -0.05) is 31.2 Å². The van der Waals surface area contributed by atoms with E-state index in [-0.39, 0.29) is 18.2 Å². The minimum atomic E-state index is -0.552. The summed E-state index contributed by atoms with van der Waals surface area (Å²) in [6.07, 6.45) is 0.887. The third-order valence-electron chi connectivity index (χ3n) is 5.64. The Morgan fingerprint density at radius 3 is 2.50 bits per heavy atom. The maximum Gasteiger partial charge on any atom is 0.349 e. The maximum atomic E-state index is 12.4. The normalized spacial score (nSPS) is 14.3. The predicted molar refractivity (Wildman–Crippen MR) is 135 cm³/mol. The summed E-state index contributed by atoms with van der Waals surface area (Å²) in [4.78, 5) is 12.4. The molecule has 0 saturated heterocycles. The Balaban J connectivity index is 1.54. The van der Waals surface area contributed by atoms with Crippen molar-refractivity contribution >= 4 is 5.97 Å². The molecule has 4 rings (SSSR count). The zero-order valence-corrected chi connectivity index (χ0v) is 20.5. The van der Waals surface area contributed by atoms with E-state index >= 15 is 0 Å². The minimum Gasteiger partial charge on any atom is -0.494 e. The highest BCUT2D eigenvalue weighted by Crippen LogP contribution is 2.44. The molecular weight excluding hydrogens is 456 g/mol. The van der Waals surface area contributed by atoms with Crippen LogP contribution in [0, 0.1) is 25.2 Å². The summed E-state index contributed by atoms with van der Waals surface area (Å²) in [5, 5.41) is 9.81. The van der Waals surface area contributed by atoms with Crippen molar-refractivity contribution in [1.82, 2.24) is 0 Å². The zero-order valence-electron chi connectivity index (χ0n) is 20.5. The van der Waals surface area contributed by atoms with Crippen molar-refractivity contribution in [1.29, 1.82) is 5.26 Å². The predicted octanol–water partition coefficient (Wildman–Crippen LogP) is 5.29. The van der Waals surface area contributed by atoms with Gasteiger partial charge < -0.3 is 24.7 Å². The smallest absolute Gasteiger partial charge is 0.349 e. The number of hydrogen-bond donors (Lipinski definition) is 1. The Morgan fingerprint density at radius 2 is 1.78 bits per heavy atom. The first-order valence-electron chi connectivity index (χ1n) is 11.7. The zero-order chi connectivity index (χ0) is 25.7. The second-order valence-electron chi connectivity index (χ2n) is 8.63. The maximum absolute atomic E-state index is 12.4. The average Bonchev–Trinajstić information content (AvgIpc) is 2.85. The van der Waals surface area contributed by atoms with Crippen molar-refractivity contribution in [2.24, 2.45) is 5.73 Å². The fourth-order valence-corrected chi connectivity index (χ4v) is 4.17. The number of nitriles is 1. The Kier molecular flexibility index (Phi) is 7.45. The van der Waals surface area contributed by atoms with Crippen LogP contribution in [-0.4, -0.2) is 19.2 Å². The number of carbonyl (C=O) groups is 1. The van der Waals surface area contributed by atoms with Gasteiger partial charge in [0.05, 0.1) is 12.5 Å². The van der Waals surface area contributed by atoms with Gasteiger partial charge in [-0.25, -0.2) is 4.79 Å². The van der Waals surface area contributed by atoms with Crippen LogP contribution in [0.1, 0.15) is 41.5 Å². The number of ether oxygens (including phenoxy) is 4. The number of fused-ring (bicyclic) bond motifs is 1. The van der Waals surface area contributed by atoms with Crippen molar-refractivity contribution in [3.05, 3.63) is 94.4 Å². The number of benzene rings is 3. The molecule has 1 aliphatic heterocycles. The fraction of sp³-hybridized carbons (Fsp3) is 0.241. The molecule has 7 nitrogen and oxygen atoms in total. The van der Waals surface area contributed by atoms with Gasteiger partial charge in [0.2, 0.25) is 5.88 Å². The quantitative estimate of drug-likeness (QED) is 0.342. The van der Waals surface area contributed by atoms with Gasteiger partial charge in [-0.2, -0.15) is 5.26 Å². The second kappa shape index (κ2) is 10.9. The highest BCUT2D eigenvalue weighted by Gasteiger charge is 2.31. The SMILES string of the molecule is CCCOc1cccc(C2C(C#N)=C(N)Oc3cc(OC(=O)COc4cc(C)cc(C)c4)ccc32)c1. The molecule has 0 aromatic heterocycles. The van der Waals surface area contributed by atoms with Crippen molar-refractivity contribution in [2.45, 2.75) is 33.1 Å². The number of carbonyl (C=O) groups excluding carboxylic acids is 1. The van der Waals surface area contributed by atoms with Gasteiger partial charge in [-0.15, -0.1) is 0 Å². The van der Waals surface area contributed by atoms with Crippen molar-refractivity contribution in [3.63, 3.8) is 0 Å². The van der Waals surface area contributed by atoms with Crippen molar-refractivity contribution in [3.8, 4) is 29.1 Å². The van der Waals surface area contributed by atoms with Gasteiger partial charge >= 0.3 is 5.97 Å². The Morgan fingerprint density at radius 1 is 1.00 bits per heavy atom. The Bertz CT molecular complexity index is 1340. The summed E-state index contributed by atoms with van der Waals surface area (Å²) >= 11 is 0. The monoisotopic (exact) mass is 484 g/mol. The van der Waals surface area contributed by atoms with Crippen LogP contribution in [0.3, 0.4) is 0 Å². The minimum absolute atomic E-state index is 0.0107. The fourth-order valence-electron chi connectivity index (χ4n) is 4.17. The van der Waals surface area contributed by atoms with E-state index in [1.165, 1.54) is 0 Å². The van der Waals surface area contributed by atoms with E-state index in [1.54, 1.807) is 18.2 Å². The third kappa shape index (κ3) is 5.61. The lowest BCUT2D eigenvalue weighted by Crippen LogP contribution is -2.21. The summed E-state index contributed by atoms with van der Waals surface area (Å²) in [5.41, 5.74) is 10.1. The molecule has 1 atom stereocenters. The summed E-state index contributed by atoms with van der Waals surface area (Å²) in [6, 6.07) is 20.5. The molecule has 1 aliphatic rings. The lowest BCUT2D eigenvalue weighted by atomic mass is 9.83. The lowest BCUT2D eigenvalue weighted by molar-refractivity contribution is -0.136. The average molecular weight is 485 g/mol. The van der Waals surface area contributed by atoms with Crippen molar-refractivity contribution in [2.75, 3.05) is 13.2 Å². The molecule has 0 aliphatic carbocycles. The first kappa shape index (κ1) is 24.7. The first-order chi connectivity index (χ1) is 17.4. The number of nitrogens with two attached hydrogens (primary N) is 1. The van der Waals surface area contributed by atoms with Crippen LogP contribution in [0.25, 0.3) is 0 Å². The first-order valence-corrected chi connectivity index (χ1v) is 11.7. The van der Waals surface area contributed by atoms with Crippen LogP contribution in [0.4, 0.5) is 0 Å². The number of rotatable bonds is 8. The molecule has 3 aromatic carbocycles. The molecule has 184 valence electrons. The number of aryl methyl sites for hydroxylation is 2. The van der Waals surface area contributed by atoms with Gasteiger partial charge in [-0.05, 0) is 67.3 Å². The van der Waals surface area contributed by atoms with Gasteiger partial charge in [0.15, 0.2) is 6.61 Å². The van der Waals surface area contributed by atoms with E-state index in [0.29, 0.717) is 29.4 Å². The molecule has 0 spiro atoms. The lowest BCUT2D eigenvalue weighted by Gasteiger charge is -2.27. The standard InChI is InChI=1S/C29H28N2O5/c1-4-10-33-21-7-5-6-20(14-21)28-24-9-8-22(15-26(24)36-29(31)25(28)16-30)35-27(32)17-34-23-12-18(2)11-19(3)13-23/h5-9,11-15,28H,4,10,17,31H2,1-3H3.